The summed E-state index contributed by atoms with van der Waals surface area (Å²) < 4.78 is 5.89. The lowest BCUT2D eigenvalue weighted by molar-refractivity contribution is 0.184. The molecule has 0 aliphatic rings. The van der Waals surface area contributed by atoms with Gasteiger partial charge in [-0.25, -0.2) is 0 Å². The summed E-state index contributed by atoms with van der Waals surface area (Å²) >= 11 is 0. The Morgan fingerprint density at radius 1 is 0.962 bits per heavy atom. The van der Waals surface area contributed by atoms with Gasteiger partial charge in [-0.3, -0.25) is 14.9 Å². The van der Waals surface area contributed by atoms with Gasteiger partial charge in [-0.2, -0.15) is 0 Å². The molecule has 1 N–H and O–H groups in total. The molecule has 1 aromatic carbocycles. The first kappa shape index (κ1) is 18.0. The standard InChI is InChI=1S/C21H23N3O2/c1-17-12-18(6-7-21(17)26-20-5-3-9-23-14-20)15-24(10-11-25)16-19-4-2-8-22-13-19/h2-9,12-14,25H,10-11,15-16H2,1H3. The summed E-state index contributed by atoms with van der Waals surface area (Å²) in [5.41, 5.74) is 3.38. The molecule has 2 aromatic heterocycles. The normalized spacial score (nSPS) is 10.9. The minimum Gasteiger partial charge on any atom is -0.455 e. The van der Waals surface area contributed by atoms with Crippen molar-refractivity contribution in [1.29, 1.82) is 0 Å². The highest BCUT2D eigenvalue weighted by molar-refractivity contribution is 5.39. The van der Waals surface area contributed by atoms with Gasteiger partial charge in [-0.1, -0.05) is 18.2 Å². The Balaban J connectivity index is 1.68. The summed E-state index contributed by atoms with van der Waals surface area (Å²) in [4.78, 5) is 10.4. The zero-order valence-electron chi connectivity index (χ0n) is 14.9. The van der Waals surface area contributed by atoms with Crippen LogP contribution in [0, 0.1) is 6.92 Å². The van der Waals surface area contributed by atoms with Crippen LogP contribution in [0.25, 0.3) is 0 Å². The Hall–Kier alpha value is -2.76. The van der Waals surface area contributed by atoms with Crippen molar-refractivity contribution < 1.29 is 9.84 Å². The Labute approximate surface area is 153 Å². The molecule has 26 heavy (non-hydrogen) atoms. The second-order valence-electron chi connectivity index (χ2n) is 6.19. The number of hydrogen-bond donors (Lipinski definition) is 1. The van der Waals surface area contributed by atoms with Crippen molar-refractivity contribution in [2.24, 2.45) is 0 Å². The van der Waals surface area contributed by atoms with E-state index in [1.807, 2.05) is 43.5 Å². The van der Waals surface area contributed by atoms with Gasteiger partial charge in [0.2, 0.25) is 0 Å². The van der Waals surface area contributed by atoms with Gasteiger partial charge in [0.1, 0.15) is 11.5 Å². The van der Waals surface area contributed by atoms with Crippen molar-refractivity contribution in [3.05, 3.63) is 83.9 Å². The van der Waals surface area contributed by atoms with E-state index in [0.717, 1.165) is 35.7 Å². The Morgan fingerprint density at radius 3 is 2.38 bits per heavy atom. The second-order valence-corrected chi connectivity index (χ2v) is 6.19. The van der Waals surface area contributed by atoms with Crippen molar-refractivity contribution in [3.63, 3.8) is 0 Å². The lowest BCUT2D eigenvalue weighted by Crippen LogP contribution is -2.26. The molecular weight excluding hydrogens is 326 g/mol. The van der Waals surface area contributed by atoms with E-state index in [4.69, 9.17) is 4.74 Å². The van der Waals surface area contributed by atoms with E-state index >= 15 is 0 Å². The van der Waals surface area contributed by atoms with E-state index in [2.05, 4.69) is 27.0 Å². The number of aliphatic hydroxyl groups is 1. The molecule has 0 aliphatic heterocycles. The molecule has 0 radical (unpaired) electrons. The summed E-state index contributed by atoms with van der Waals surface area (Å²) in [5, 5.41) is 9.37. The minimum atomic E-state index is 0.126. The highest BCUT2D eigenvalue weighted by Gasteiger charge is 2.09. The van der Waals surface area contributed by atoms with Crippen LogP contribution in [0.3, 0.4) is 0 Å². The topological polar surface area (TPSA) is 58.5 Å². The summed E-state index contributed by atoms with van der Waals surface area (Å²) in [5.74, 6) is 1.55. The third kappa shape index (κ3) is 5.12. The zero-order chi connectivity index (χ0) is 18.2. The van der Waals surface area contributed by atoms with Crippen molar-refractivity contribution in [1.82, 2.24) is 14.9 Å². The number of ether oxygens (including phenoxy) is 1. The molecule has 0 unspecified atom stereocenters. The molecule has 0 amide bonds. The maximum Gasteiger partial charge on any atom is 0.145 e. The quantitative estimate of drug-likeness (QED) is 0.674. The third-order valence-electron chi connectivity index (χ3n) is 4.05. The van der Waals surface area contributed by atoms with Crippen LogP contribution in [-0.2, 0) is 13.1 Å². The van der Waals surface area contributed by atoms with Crippen LogP contribution in [0.2, 0.25) is 0 Å². The molecule has 5 heteroatoms. The second kappa shape index (κ2) is 9.08. The molecule has 0 saturated carbocycles. The van der Waals surface area contributed by atoms with Crippen molar-refractivity contribution in [3.8, 4) is 11.5 Å². The van der Waals surface area contributed by atoms with Gasteiger partial charge >= 0.3 is 0 Å². The van der Waals surface area contributed by atoms with Crippen LogP contribution in [0.15, 0.2) is 67.3 Å². The summed E-state index contributed by atoms with van der Waals surface area (Å²) in [7, 11) is 0. The Kier molecular flexibility index (Phi) is 6.30. The Morgan fingerprint density at radius 2 is 1.73 bits per heavy atom. The number of aromatic nitrogens is 2. The molecule has 0 fully saturated rings. The smallest absolute Gasteiger partial charge is 0.145 e. The number of rotatable bonds is 8. The molecule has 0 saturated heterocycles. The van der Waals surface area contributed by atoms with E-state index in [0.29, 0.717) is 6.54 Å². The average molecular weight is 349 g/mol. The summed E-state index contributed by atoms with van der Waals surface area (Å²) in [6.45, 7) is 4.28. The van der Waals surface area contributed by atoms with E-state index in [-0.39, 0.29) is 6.61 Å². The molecule has 3 aromatic rings. The highest BCUT2D eigenvalue weighted by Crippen LogP contribution is 2.25. The summed E-state index contributed by atoms with van der Waals surface area (Å²) in [6.07, 6.45) is 7.05. The molecule has 0 spiro atoms. The minimum absolute atomic E-state index is 0.126. The molecule has 134 valence electrons. The van der Waals surface area contributed by atoms with E-state index < -0.39 is 0 Å². The van der Waals surface area contributed by atoms with Crippen LogP contribution < -0.4 is 4.74 Å². The first-order valence-electron chi connectivity index (χ1n) is 8.64. The van der Waals surface area contributed by atoms with Gasteiger partial charge in [-0.15, -0.1) is 0 Å². The number of benzene rings is 1. The number of aliphatic hydroxyl groups excluding tert-OH is 1. The molecule has 5 nitrogen and oxygen atoms in total. The number of pyridine rings is 2. The monoisotopic (exact) mass is 349 g/mol. The van der Waals surface area contributed by atoms with Crippen LogP contribution in [0.5, 0.6) is 11.5 Å². The molecular formula is C21H23N3O2. The molecule has 0 atom stereocenters. The van der Waals surface area contributed by atoms with Crippen LogP contribution in [-0.4, -0.2) is 33.1 Å². The number of nitrogens with zero attached hydrogens (tertiary/aromatic N) is 3. The molecule has 0 aliphatic carbocycles. The predicted molar refractivity (Wildman–Crippen MR) is 101 cm³/mol. The largest absolute Gasteiger partial charge is 0.455 e. The van der Waals surface area contributed by atoms with Gasteiger partial charge in [0, 0.05) is 38.2 Å². The lowest BCUT2D eigenvalue weighted by atomic mass is 10.1. The van der Waals surface area contributed by atoms with Crippen LogP contribution in [0.4, 0.5) is 0 Å². The first-order valence-corrected chi connectivity index (χ1v) is 8.64. The maximum atomic E-state index is 9.37. The Bertz CT molecular complexity index is 810. The van der Waals surface area contributed by atoms with Gasteiger partial charge in [0.15, 0.2) is 0 Å². The summed E-state index contributed by atoms with van der Waals surface area (Å²) in [6, 6.07) is 13.9. The van der Waals surface area contributed by atoms with Gasteiger partial charge in [0.05, 0.1) is 12.8 Å². The van der Waals surface area contributed by atoms with Gasteiger partial charge in [-0.05, 0) is 47.9 Å². The average Bonchev–Trinajstić information content (AvgIpc) is 2.66. The highest BCUT2D eigenvalue weighted by atomic mass is 16.5. The number of aryl methyl sites for hydroxylation is 1. The molecule has 3 rings (SSSR count). The molecule has 0 bridgehead atoms. The SMILES string of the molecule is Cc1cc(CN(CCO)Cc2cccnc2)ccc1Oc1cccnc1. The third-order valence-corrected chi connectivity index (χ3v) is 4.05. The van der Waals surface area contributed by atoms with Crippen LogP contribution >= 0.6 is 0 Å². The van der Waals surface area contributed by atoms with Crippen molar-refractivity contribution >= 4 is 0 Å². The fourth-order valence-corrected chi connectivity index (χ4v) is 2.82. The zero-order valence-corrected chi connectivity index (χ0v) is 14.9. The van der Waals surface area contributed by atoms with E-state index in [1.54, 1.807) is 18.6 Å². The fraction of sp³-hybridized carbons (Fsp3) is 0.238. The van der Waals surface area contributed by atoms with Crippen molar-refractivity contribution in [2.75, 3.05) is 13.2 Å². The van der Waals surface area contributed by atoms with Gasteiger partial charge in [0.25, 0.3) is 0 Å². The van der Waals surface area contributed by atoms with E-state index in [1.165, 1.54) is 5.56 Å². The van der Waals surface area contributed by atoms with Crippen LogP contribution in [0.1, 0.15) is 16.7 Å². The van der Waals surface area contributed by atoms with Crippen molar-refractivity contribution in [2.45, 2.75) is 20.0 Å². The number of hydrogen-bond acceptors (Lipinski definition) is 5. The maximum absolute atomic E-state index is 9.37. The molecule has 2 heterocycles. The van der Waals surface area contributed by atoms with E-state index in [9.17, 15) is 5.11 Å². The fourth-order valence-electron chi connectivity index (χ4n) is 2.82. The first-order chi connectivity index (χ1) is 12.7. The lowest BCUT2D eigenvalue weighted by Gasteiger charge is -2.22. The van der Waals surface area contributed by atoms with Gasteiger partial charge < -0.3 is 9.84 Å². The predicted octanol–water partition coefficient (Wildman–Crippen LogP) is 3.57.